The molecular formula is C29H34N2O7S. The van der Waals surface area contributed by atoms with Crippen molar-refractivity contribution in [1.82, 2.24) is 4.98 Å². The number of anilines is 1. The number of nitrogens with zero attached hydrogens (tertiary/aromatic N) is 2. The predicted molar refractivity (Wildman–Crippen MR) is 145 cm³/mol. The summed E-state index contributed by atoms with van der Waals surface area (Å²) >= 11 is 1.06. The SMILES string of the molecule is CCCCOc1ccc(C2C3=C(OC4CCCCC4C3=O)C(=O)N2c2nc(C)c(C(=O)OC)s2)cc1OCC. The van der Waals surface area contributed by atoms with Crippen LogP contribution in [0.3, 0.4) is 0 Å². The van der Waals surface area contributed by atoms with Crippen LogP contribution < -0.4 is 14.4 Å². The van der Waals surface area contributed by atoms with Gasteiger partial charge in [0.25, 0.3) is 5.91 Å². The maximum atomic E-state index is 14.0. The lowest BCUT2D eigenvalue weighted by atomic mass is 9.77. The molecule has 3 unspecified atom stereocenters. The third kappa shape index (κ3) is 4.90. The second kappa shape index (κ2) is 11.4. The van der Waals surface area contributed by atoms with Gasteiger partial charge in [-0.25, -0.2) is 9.78 Å². The molecule has 39 heavy (non-hydrogen) atoms. The Hall–Kier alpha value is -3.40. The van der Waals surface area contributed by atoms with Crippen molar-refractivity contribution in [2.45, 2.75) is 71.4 Å². The molecule has 2 aliphatic heterocycles. The average molecular weight is 555 g/mol. The molecule has 0 spiro atoms. The number of Topliss-reactive ketones (excluding diaryl/α,β-unsaturated/α-hetero) is 1. The van der Waals surface area contributed by atoms with Gasteiger partial charge in [0.1, 0.15) is 11.0 Å². The van der Waals surface area contributed by atoms with Crippen LogP contribution in [0.25, 0.3) is 0 Å². The Bertz CT molecular complexity index is 1320. The third-order valence-electron chi connectivity index (χ3n) is 7.46. The normalized spacial score (nSPS) is 22.4. The highest BCUT2D eigenvalue weighted by Crippen LogP contribution is 2.50. The van der Waals surface area contributed by atoms with Gasteiger partial charge in [-0.3, -0.25) is 14.5 Å². The van der Waals surface area contributed by atoms with Crippen LogP contribution in [-0.2, 0) is 19.1 Å². The minimum atomic E-state index is -0.775. The number of hydrogen-bond acceptors (Lipinski definition) is 9. The van der Waals surface area contributed by atoms with E-state index < -0.39 is 17.9 Å². The number of ketones is 1. The Morgan fingerprint density at radius 2 is 1.95 bits per heavy atom. The highest BCUT2D eigenvalue weighted by molar-refractivity contribution is 7.17. The number of carbonyl (C=O) groups excluding carboxylic acids is 3. The zero-order chi connectivity index (χ0) is 27.7. The van der Waals surface area contributed by atoms with Crippen molar-refractivity contribution in [2.24, 2.45) is 5.92 Å². The second-order valence-electron chi connectivity index (χ2n) is 9.98. The van der Waals surface area contributed by atoms with E-state index in [-0.39, 0.29) is 23.6 Å². The van der Waals surface area contributed by atoms with E-state index in [4.69, 9.17) is 18.9 Å². The van der Waals surface area contributed by atoms with Gasteiger partial charge < -0.3 is 18.9 Å². The van der Waals surface area contributed by atoms with Gasteiger partial charge >= 0.3 is 5.97 Å². The fraction of sp³-hybridized carbons (Fsp3) is 0.517. The number of ether oxygens (including phenoxy) is 4. The molecule has 1 amide bonds. The van der Waals surface area contributed by atoms with Crippen molar-refractivity contribution in [3.05, 3.63) is 45.7 Å². The molecule has 1 aromatic heterocycles. The van der Waals surface area contributed by atoms with Crippen LogP contribution >= 0.6 is 11.3 Å². The van der Waals surface area contributed by atoms with Gasteiger partial charge in [0.05, 0.1) is 43.6 Å². The highest BCUT2D eigenvalue weighted by atomic mass is 32.1. The molecule has 3 atom stereocenters. The maximum Gasteiger partial charge on any atom is 0.350 e. The van der Waals surface area contributed by atoms with Crippen molar-refractivity contribution in [1.29, 1.82) is 0 Å². The number of benzene rings is 1. The lowest BCUT2D eigenvalue weighted by molar-refractivity contribution is -0.131. The summed E-state index contributed by atoms with van der Waals surface area (Å²) < 4.78 is 23.1. The number of fused-ring (bicyclic) bond motifs is 1. The molecule has 0 N–H and O–H groups in total. The first kappa shape index (κ1) is 27.2. The molecule has 0 saturated heterocycles. The zero-order valence-corrected chi connectivity index (χ0v) is 23.6. The summed E-state index contributed by atoms with van der Waals surface area (Å²) in [5.41, 5.74) is 1.48. The number of thiazole rings is 1. The Morgan fingerprint density at radius 1 is 1.15 bits per heavy atom. The standard InChI is InChI=1S/C29H34N2O7S/c1-5-7-14-37-20-13-12-17(15-21(20)36-6-2)23-22-24(32)18-10-8-9-11-19(18)38-25(22)27(33)31(23)29-30-16(3)26(39-29)28(34)35-4/h12-13,15,18-19,23H,5-11,14H2,1-4H3. The topological polar surface area (TPSA) is 104 Å². The quantitative estimate of drug-likeness (QED) is 0.303. The molecule has 3 aliphatic rings. The molecule has 5 rings (SSSR count). The van der Waals surface area contributed by atoms with Crippen LogP contribution in [0, 0.1) is 12.8 Å². The molecule has 0 bridgehead atoms. The Morgan fingerprint density at radius 3 is 2.69 bits per heavy atom. The number of esters is 1. The molecule has 1 aromatic carbocycles. The van der Waals surface area contributed by atoms with Crippen molar-refractivity contribution < 1.29 is 33.3 Å². The minimum absolute atomic E-state index is 0.0514. The van der Waals surface area contributed by atoms with E-state index in [0.717, 1.165) is 49.9 Å². The van der Waals surface area contributed by atoms with E-state index in [0.29, 0.717) is 51.6 Å². The number of carbonyl (C=O) groups is 3. The van der Waals surface area contributed by atoms with Crippen LogP contribution in [0.5, 0.6) is 11.5 Å². The lowest BCUT2D eigenvalue weighted by Gasteiger charge is -2.35. The third-order valence-corrected chi connectivity index (χ3v) is 8.60. The molecule has 2 aromatic rings. The number of aryl methyl sites for hydroxylation is 1. The number of rotatable bonds is 9. The molecule has 1 saturated carbocycles. The maximum absolute atomic E-state index is 14.0. The van der Waals surface area contributed by atoms with Crippen LogP contribution in [0.4, 0.5) is 5.13 Å². The molecular weight excluding hydrogens is 520 g/mol. The van der Waals surface area contributed by atoms with E-state index >= 15 is 0 Å². The summed E-state index contributed by atoms with van der Waals surface area (Å²) in [6.07, 6.45) is 5.01. The lowest BCUT2D eigenvalue weighted by Crippen LogP contribution is -2.39. The van der Waals surface area contributed by atoms with Gasteiger partial charge in [-0.15, -0.1) is 0 Å². The van der Waals surface area contributed by atoms with Gasteiger partial charge in [0.2, 0.25) is 0 Å². The first-order valence-electron chi connectivity index (χ1n) is 13.6. The van der Waals surface area contributed by atoms with Crippen molar-refractivity contribution >= 4 is 34.1 Å². The zero-order valence-electron chi connectivity index (χ0n) is 22.8. The summed E-state index contributed by atoms with van der Waals surface area (Å²) in [6, 6.07) is 4.73. The molecule has 208 valence electrons. The molecule has 1 fully saturated rings. The second-order valence-corrected chi connectivity index (χ2v) is 11.0. The van der Waals surface area contributed by atoms with Gasteiger partial charge in [-0.2, -0.15) is 0 Å². The van der Waals surface area contributed by atoms with Gasteiger partial charge in [0, 0.05) is 0 Å². The van der Waals surface area contributed by atoms with E-state index in [2.05, 4.69) is 11.9 Å². The predicted octanol–water partition coefficient (Wildman–Crippen LogP) is 5.32. The molecule has 10 heteroatoms. The summed E-state index contributed by atoms with van der Waals surface area (Å²) in [7, 11) is 1.30. The van der Waals surface area contributed by atoms with Gasteiger partial charge in [-0.05, 0) is 57.2 Å². The smallest absolute Gasteiger partial charge is 0.350 e. The van der Waals surface area contributed by atoms with E-state index in [9.17, 15) is 14.4 Å². The van der Waals surface area contributed by atoms with Crippen molar-refractivity contribution in [2.75, 3.05) is 25.2 Å². The number of methoxy groups -OCH3 is 1. The summed E-state index contributed by atoms with van der Waals surface area (Å²) in [5, 5.41) is 0.304. The summed E-state index contributed by atoms with van der Waals surface area (Å²) in [6.45, 7) is 6.67. The van der Waals surface area contributed by atoms with Crippen LogP contribution in [0.1, 0.15) is 79.3 Å². The van der Waals surface area contributed by atoms with Crippen LogP contribution in [-0.4, -0.2) is 49.1 Å². The van der Waals surface area contributed by atoms with Crippen LogP contribution in [0.15, 0.2) is 29.5 Å². The number of aromatic nitrogens is 1. The molecule has 1 aliphatic carbocycles. The largest absolute Gasteiger partial charge is 0.490 e. The van der Waals surface area contributed by atoms with Gasteiger partial charge in [-0.1, -0.05) is 37.2 Å². The van der Waals surface area contributed by atoms with E-state index in [1.807, 2.05) is 25.1 Å². The number of unbranched alkanes of at least 4 members (excludes halogenated alkanes) is 1. The average Bonchev–Trinajstić information content (AvgIpc) is 3.46. The Labute approximate surface area is 232 Å². The molecule has 9 nitrogen and oxygen atoms in total. The molecule has 3 heterocycles. The molecule has 0 radical (unpaired) electrons. The van der Waals surface area contributed by atoms with Crippen LogP contribution in [0.2, 0.25) is 0 Å². The van der Waals surface area contributed by atoms with Gasteiger partial charge in [0.15, 0.2) is 28.2 Å². The van der Waals surface area contributed by atoms with E-state index in [1.54, 1.807) is 6.92 Å². The summed E-state index contributed by atoms with van der Waals surface area (Å²) in [4.78, 5) is 46.6. The van der Waals surface area contributed by atoms with E-state index in [1.165, 1.54) is 12.0 Å². The monoisotopic (exact) mass is 554 g/mol. The Balaban J connectivity index is 1.62. The van der Waals surface area contributed by atoms with Crippen molar-refractivity contribution in [3.8, 4) is 11.5 Å². The fourth-order valence-electron chi connectivity index (χ4n) is 5.53. The number of hydrogen-bond donors (Lipinski definition) is 0. The summed E-state index contributed by atoms with van der Waals surface area (Å²) in [5.74, 6) is -0.0547. The number of amides is 1. The highest BCUT2D eigenvalue weighted by Gasteiger charge is 2.53. The first-order valence-corrected chi connectivity index (χ1v) is 14.4. The minimum Gasteiger partial charge on any atom is -0.490 e. The first-order chi connectivity index (χ1) is 18.9. The van der Waals surface area contributed by atoms with Crippen molar-refractivity contribution in [3.63, 3.8) is 0 Å². The Kier molecular flexibility index (Phi) is 7.93. The fourth-order valence-corrected chi connectivity index (χ4v) is 6.55.